The normalized spacial score (nSPS) is 12.8. The van der Waals surface area contributed by atoms with Gasteiger partial charge in [-0.15, -0.1) is 0 Å². The van der Waals surface area contributed by atoms with Crippen molar-refractivity contribution in [3.05, 3.63) is 136 Å². The molecule has 0 aliphatic carbocycles. The Bertz CT molecular complexity index is 1060. The van der Waals surface area contributed by atoms with Crippen LogP contribution in [0.4, 0.5) is 0 Å². The maximum absolute atomic E-state index is 6.74. The first-order valence-electron chi connectivity index (χ1n) is 10.5. The Balaban J connectivity index is 1.50. The topological polar surface area (TPSA) is 35.2 Å². The molecule has 31 heavy (non-hydrogen) atoms. The van der Waals surface area contributed by atoms with Crippen LogP contribution in [0.25, 0.3) is 0 Å². The average Bonchev–Trinajstić information content (AvgIpc) is 2.83. The van der Waals surface area contributed by atoms with Gasteiger partial charge in [0, 0.05) is 17.0 Å². The van der Waals surface area contributed by atoms with Crippen molar-refractivity contribution in [2.45, 2.75) is 25.0 Å². The van der Waals surface area contributed by atoms with Crippen LogP contribution in [0, 0.1) is 0 Å². The summed E-state index contributed by atoms with van der Waals surface area (Å²) in [5.41, 5.74) is 11.4. The van der Waals surface area contributed by atoms with Gasteiger partial charge in [-0.3, -0.25) is 0 Å². The molecule has 0 spiro atoms. The fraction of sp³-hybridized carbons (Fsp3) is 0.143. The fourth-order valence-electron chi connectivity index (χ4n) is 3.79. The monoisotopic (exact) mass is 427 g/mol. The van der Waals surface area contributed by atoms with Crippen LogP contribution in [-0.2, 0) is 13.0 Å². The molecule has 2 N–H and O–H groups in total. The van der Waals surface area contributed by atoms with Crippen molar-refractivity contribution >= 4 is 11.6 Å². The van der Waals surface area contributed by atoms with Crippen molar-refractivity contribution in [2.75, 3.05) is 0 Å². The fourth-order valence-corrected chi connectivity index (χ4v) is 3.91. The first-order chi connectivity index (χ1) is 15.2. The predicted octanol–water partition coefficient (Wildman–Crippen LogP) is 6.95. The highest BCUT2D eigenvalue weighted by Crippen LogP contribution is 2.33. The summed E-state index contributed by atoms with van der Waals surface area (Å²) in [6.45, 7) is 0.562. The molecule has 0 amide bonds. The molecule has 0 radical (unpaired) electrons. The van der Waals surface area contributed by atoms with Gasteiger partial charge >= 0.3 is 0 Å². The summed E-state index contributed by atoms with van der Waals surface area (Å²) < 4.78 is 5.93. The molecule has 3 heteroatoms. The van der Waals surface area contributed by atoms with E-state index >= 15 is 0 Å². The number of ether oxygens (including phenoxy) is 1. The second kappa shape index (κ2) is 10.3. The number of nitrogens with two attached hydrogens (primary N) is 1. The number of rotatable bonds is 8. The third kappa shape index (κ3) is 5.75. The molecule has 2 nitrogen and oxygen atoms in total. The molecule has 0 bridgehead atoms. The van der Waals surface area contributed by atoms with Crippen LogP contribution in [-0.4, -0.2) is 0 Å². The zero-order valence-corrected chi connectivity index (χ0v) is 18.1. The van der Waals surface area contributed by atoms with Crippen LogP contribution in [0.1, 0.15) is 34.2 Å². The van der Waals surface area contributed by atoms with Gasteiger partial charge in [-0.2, -0.15) is 0 Å². The van der Waals surface area contributed by atoms with E-state index in [0.717, 1.165) is 28.3 Å². The highest BCUT2D eigenvalue weighted by molar-refractivity contribution is 6.30. The number of hydrogen-bond donors (Lipinski definition) is 1. The van der Waals surface area contributed by atoms with E-state index in [1.165, 1.54) is 11.1 Å². The van der Waals surface area contributed by atoms with E-state index in [9.17, 15) is 0 Å². The minimum absolute atomic E-state index is 0.114. The molecule has 0 heterocycles. The zero-order chi connectivity index (χ0) is 21.5. The van der Waals surface area contributed by atoms with Gasteiger partial charge in [0.2, 0.25) is 0 Å². The van der Waals surface area contributed by atoms with E-state index < -0.39 is 0 Å². The number of hydrogen-bond acceptors (Lipinski definition) is 2. The summed E-state index contributed by atoms with van der Waals surface area (Å²) in [5.74, 6) is 0.999. The van der Waals surface area contributed by atoms with Gasteiger partial charge in [0.05, 0.1) is 0 Å². The Labute approximate surface area is 189 Å². The van der Waals surface area contributed by atoms with Crippen molar-refractivity contribution in [3.63, 3.8) is 0 Å². The number of benzene rings is 4. The van der Waals surface area contributed by atoms with Gasteiger partial charge in [0.25, 0.3) is 0 Å². The van der Waals surface area contributed by atoms with Gasteiger partial charge in [0.1, 0.15) is 12.4 Å². The van der Waals surface area contributed by atoms with E-state index in [4.69, 9.17) is 22.1 Å². The van der Waals surface area contributed by atoms with E-state index in [0.29, 0.717) is 6.61 Å². The highest BCUT2D eigenvalue weighted by Gasteiger charge is 2.22. The Hall–Kier alpha value is -3.07. The summed E-state index contributed by atoms with van der Waals surface area (Å²) in [6.07, 6.45) is 0.830. The van der Waals surface area contributed by atoms with Gasteiger partial charge in [-0.25, -0.2) is 0 Å². The standard InChI is InChI=1S/C28H26ClNO/c29-25-15-13-23(14-16-25)27(28(30)24-9-5-2-6-10-24)19-21-11-17-26(18-12-21)31-20-22-7-3-1-4-8-22/h1-18,27-28H,19-20,30H2. The molecule has 4 aromatic rings. The molecule has 0 aliphatic heterocycles. The smallest absolute Gasteiger partial charge is 0.119 e. The van der Waals surface area contributed by atoms with Crippen LogP contribution in [0.5, 0.6) is 5.75 Å². The molecule has 4 aromatic carbocycles. The van der Waals surface area contributed by atoms with Crippen molar-refractivity contribution in [3.8, 4) is 5.75 Å². The molecule has 0 fully saturated rings. The largest absolute Gasteiger partial charge is 0.489 e. The van der Waals surface area contributed by atoms with E-state index in [1.54, 1.807) is 0 Å². The first kappa shape index (κ1) is 21.2. The Morgan fingerprint density at radius 3 is 1.90 bits per heavy atom. The van der Waals surface area contributed by atoms with Crippen molar-refractivity contribution < 1.29 is 4.74 Å². The van der Waals surface area contributed by atoms with Crippen LogP contribution in [0.15, 0.2) is 109 Å². The Kier molecular flexibility index (Phi) is 7.03. The van der Waals surface area contributed by atoms with Crippen LogP contribution >= 0.6 is 11.6 Å². The highest BCUT2D eigenvalue weighted by atomic mass is 35.5. The lowest BCUT2D eigenvalue weighted by molar-refractivity contribution is 0.306. The van der Waals surface area contributed by atoms with Crippen molar-refractivity contribution in [1.82, 2.24) is 0 Å². The van der Waals surface area contributed by atoms with E-state index in [1.807, 2.05) is 60.7 Å². The van der Waals surface area contributed by atoms with Gasteiger partial charge in [-0.05, 0) is 52.9 Å². The summed E-state index contributed by atoms with van der Waals surface area (Å²) in [4.78, 5) is 0. The van der Waals surface area contributed by atoms with Crippen molar-refractivity contribution in [2.24, 2.45) is 5.73 Å². The Morgan fingerprint density at radius 1 is 0.645 bits per heavy atom. The van der Waals surface area contributed by atoms with Crippen LogP contribution in [0.2, 0.25) is 5.02 Å². The van der Waals surface area contributed by atoms with Crippen LogP contribution in [0.3, 0.4) is 0 Å². The second-order valence-electron chi connectivity index (χ2n) is 7.72. The molecule has 4 rings (SSSR count). The van der Waals surface area contributed by atoms with Gasteiger partial charge < -0.3 is 10.5 Å². The third-order valence-electron chi connectivity index (χ3n) is 5.54. The second-order valence-corrected chi connectivity index (χ2v) is 8.15. The van der Waals surface area contributed by atoms with Gasteiger partial charge in [-0.1, -0.05) is 96.5 Å². The molecule has 2 atom stereocenters. The Morgan fingerprint density at radius 2 is 1.26 bits per heavy atom. The molecule has 0 saturated carbocycles. The van der Waals surface area contributed by atoms with E-state index in [-0.39, 0.29) is 12.0 Å². The van der Waals surface area contributed by atoms with E-state index in [2.05, 4.69) is 48.5 Å². The minimum Gasteiger partial charge on any atom is -0.489 e. The molecular formula is C28H26ClNO. The minimum atomic E-state index is -0.114. The molecule has 0 saturated heterocycles. The lowest BCUT2D eigenvalue weighted by atomic mass is 9.83. The molecular weight excluding hydrogens is 402 g/mol. The third-order valence-corrected chi connectivity index (χ3v) is 5.80. The summed E-state index contributed by atoms with van der Waals surface area (Å²) in [6, 6.07) is 36.7. The predicted molar refractivity (Wildman–Crippen MR) is 128 cm³/mol. The summed E-state index contributed by atoms with van der Waals surface area (Å²) in [7, 11) is 0. The summed E-state index contributed by atoms with van der Waals surface area (Å²) >= 11 is 6.12. The first-order valence-corrected chi connectivity index (χ1v) is 10.9. The lowest BCUT2D eigenvalue weighted by Crippen LogP contribution is -2.21. The maximum atomic E-state index is 6.74. The molecule has 156 valence electrons. The van der Waals surface area contributed by atoms with Gasteiger partial charge in [0.15, 0.2) is 0 Å². The molecule has 0 aliphatic rings. The zero-order valence-electron chi connectivity index (χ0n) is 17.3. The van der Waals surface area contributed by atoms with Crippen molar-refractivity contribution in [1.29, 1.82) is 0 Å². The molecule has 2 unspecified atom stereocenters. The summed E-state index contributed by atoms with van der Waals surface area (Å²) in [5, 5.41) is 0.732. The lowest BCUT2D eigenvalue weighted by Gasteiger charge is -2.25. The maximum Gasteiger partial charge on any atom is 0.119 e. The van der Waals surface area contributed by atoms with Crippen LogP contribution < -0.4 is 10.5 Å². The number of halogens is 1. The molecule has 0 aromatic heterocycles. The average molecular weight is 428 g/mol. The SMILES string of the molecule is NC(c1ccccc1)C(Cc1ccc(OCc2ccccc2)cc1)c1ccc(Cl)cc1. The quantitative estimate of drug-likeness (QED) is 0.330.